The van der Waals surface area contributed by atoms with Gasteiger partial charge in [-0.25, -0.2) is 10.4 Å². The summed E-state index contributed by atoms with van der Waals surface area (Å²) < 4.78 is 5.42. The molecule has 1 saturated heterocycles. The van der Waals surface area contributed by atoms with Crippen LogP contribution in [0.25, 0.3) is 11.0 Å². The van der Waals surface area contributed by atoms with Crippen LogP contribution in [-0.4, -0.2) is 48.4 Å². The van der Waals surface area contributed by atoms with Gasteiger partial charge in [0.25, 0.3) is 0 Å². The minimum absolute atomic E-state index is 0.0415. The number of aromatic nitrogens is 2. The first-order valence-corrected chi connectivity index (χ1v) is 10.3. The molecule has 0 radical (unpaired) electrons. The van der Waals surface area contributed by atoms with Gasteiger partial charge in [-0.1, -0.05) is 31.2 Å². The second-order valence-corrected chi connectivity index (χ2v) is 8.20. The number of H-pyrrole nitrogens is 1. The maximum atomic E-state index is 12.6. The minimum Gasteiger partial charge on any atom is -0.378 e. The van der Waals surface area contributed by atoms with Crippen molar-refractivity contribution in [2.75, 3.05) is 31.2 Å². The monoisotopic (exact) mass is 403 g/mol. The van der Waals surface area contributed by atoms with Gasteiger partial charge in [-0.2, -0.15) is 5.10 Å². The lowest BCUT2D eigenvalue weighted by Gasteiger charge is -2.29. The number of hydrogen-bond acceptors (Lipinski definition) is 5. The first kappa shape index (κ1) is 18.8. The van der Waals surface area contributed by atoms with Gasteiger partial charge in [-0.3, -0.25) is 4.79 Å². The fourth-order valence-electron chi connectivity index (χ4n) is 4.28. The number of nitrogens with zero attached hydrogens (tertiary/aromatic N) is 3. The van der Waals surface area contributed by atoms with Crippen LogP contribution in [0.1, 0.15) is 24.5 Å². The Bertz CT molecular complexity index is 1080. The molecular weight excluding hydrogens is 378 g/mol. The lowest BCUT2D eigenvalue weighted by molar-refractivity contribution is -0.122. The topological polar surface area (TPSA) is 82.6 Å². The van der Waals surface area contributed by atoms with Crippen LogP contribution in [0.15, 0.2) is 53.9 Å². The lowest BCUT2D eigenvalue weighted by Crippen LogP contribution is -2.36. The molecule has 7 nitrogen and oxygen atoms in total. The molecule has 2 N–H and O–H groups in total. The third-order valence-electron chi connectivity index (χ3n) is 6.32. The number of carbonyl (C=O) groups is 1. The highest BCUT2D eigenvalue weighted by Gasteiger charge is 2.55. The standard InChI is InChI=1S/C23H25N5O2/c1-23(17-5-7-18(8-6-17)28-9-11-30-12-10-28)13-19(23)22(29)27-26-14-16-3-2-4-20-21(16)25-15-24-20/h2-8,14-15,19H,9-13H2,1H3,(H,24,25)(H,27,29)/b26-14+. The van der Waals surface area contributed by atoms with E-state index >= 15 is 0 Å². The number of nitrogens with one attached hydrogen (secondary N) is 2. The Kier molecular flexibility index (Phi) is 4.75. The third kappa shape index (κ3) is 3.45. The van der Waals surface area contributed by atoms with Crippen LogP contribution in [0.3, 0.4) is 0 Å². The van der Waals surface area contributed by atoms with Crippen LogP contribution in [0.5, 0.6) is 0 Å². The number of fused-ring (bicyclic) bond motifs is 1. The number of hydrazone groups is 1. The van der Waals surface area contributed by atoms with Crippen LogP contribution in [0.2, 0.25) is 0 Å². The van der Waals surface area contributed by atoms with Crippen molar-refractivity contribution in [2.45, 2.75) is 18.8 Å². The number of amides is 1. The molecule has 1 aliphatic carbocycles. The van der Waals surface area contributed by atoms with Gasteiger partial charge < -0.3 is 14.6 Å². The van der Waals surface area contributed by atoms with E-state index in [1.807, 2.05) is 18.2 Å². The van der Waals surface area contributed by atoms with E-state index < -0.39 is 0 Å². The Morgan fingerprint density at radius 1 is 1.27 bits per heavy atom. The molecule has 7 heteroatoms. The molecule has 1 aromatic heterocycles. The van der Waals surface area contributed by atoms with Gasteiger partial charge in [-0.15, -0.1) is 0 Å². The Balaban J connectivity index is 1.22. The molecule has 5 rings (SSSR count). The fraction of sp³-hybridized carbons (Fsp3) is 0.348. The lowest BCUT2D eigenvalue weighted by atomic mass is 9.95. The maximum Gasteiger partial charge on any atom is 0.244 e. The number of benzene rings is 2. The van der Waals surface area contributed by atoms with Crippen molar-refractivity contribution in [1.29, 1.82) is 0 Å². The van der Waals surface area contributed by atoms with Gasteiger partial charge in [0, 0.05) is 29.8 Å². The number of carbonyl (C=O) groups excluding carboxylic acids is 1. The molecule has 3 aromatic rings. The largest absolute Gasteiger partial charge is 0.378 e. The van der Waals surface area contributed by atoms with Crippen molar-refractivity contribution >= 4 is 28.8 Å². The molecule has 2 aliphatic rings. The molecule has 1 saturated carbocycles. The molecule has 2 heterocycles. The number of aromatic amines is 1. The highest BCUT2D eigenvalue weighted by Crippen LogP contribution is 2.54. The van der Waals surface area contributed by atoms with Crippen molar-refractivity contribution in [1.82, 2.24) is 15.4 Å². The molecular formula is C23H25N5O2. The van der Waals surface area contributed by atoms with Crippen molar-refractivity contribution in [3.05, 3.63) is 59.9 Å². The fourth-order valence-corrected chi connectivity index (χ4v) is 4.28. The average Bonchev–Trinajstić information content (AvgIpc) is 3.25. The highest BCUT2D eigenvalue weighted by atomic mass is 16.5. The summed E-state index contributed by atoms with van der Waals surface area (Å²) in [7, 11) is 0. The molecule has 2 aromatic carbocycles. The van der Waals surface area contributed by atoms with E-state index in [4.69, 9.17) is 4.74 Å². The second-order valence-electron chi connectivity index (χ2n) is 8.20. The first-order chi connectivity index (χ1) is 14.6. The summed E-state index contributed by atoms with van der Waals surface area (Å²) in [5.74, 6) is -0.106. The minimum atomic E-state index is -0.134. The second kappa shape index (κ2) is 7.57. The molecule has 0 spiro atoms. The Morgan fingerprint density at radius 3 is 2.87 bits per heavy atom. The van der Waals surface area contributed by atoms with Gasteiger partial charge in [0.2, 0.25) is 5.91 Å². The summed E-state index contributed by atoms with van der Waals surface area (Å²) >= 11 is 0. The molecule has 0 bridgehead atoms. The molecule has 2 atom stereocenters. The van der Waals surface area contributed by atoms with Gasteiger partial charge in [0.15, 0.2) is 0 Å². The zero-order valence-corrected chi connectivity index (χ0v) is 17.0. The van der Waals surface area contributed by atoms with E-state index in [9.17, 15) is 4.79 Å². The number of imidazole rings is 1. The van der Waals surface area contributed by atoms with Crippen molar-refractivity contribution in [2.24, 2.45) is 11.0 Å². The number of hydrogen-bond donors (Lipinski definition) is 2. The zero-order chi connectivity index (χ0) is 20.6. The van der Waals surface area contributed by atoms with E-state index in [1.54, 1.807) is 12.5 Å². The maximum absolute atomic E-state index is 12.6. The molecule has 1 amide bonds. The predicted octanol–water partition coefficient (Wildman–Crippen LogP) is 2.83. The van der Waals surface area contributed by atoms with Crippen molar-refractivity contribution in [3.63, 3.8) is 0 Å². The number of anilines is 1. The van der Waals surface area contributed by atoms with Gasteiger partial charge in [0.05, 0.1) is 42.7 Å². The van der Waals surface area contributed by atoms with E-state index in [0.29, 0.717) is 0 Å². The normalized spacial score (nSPS) is 23.8. The first-order valence-electron chi connectivity index (χ1n) is 10.3. The SMILES string of the molecule is CC1(c2ccc(N3CCOCC3)cc2)CC1C(=O)N/N=C/c1cccc2[nH]cnc12. The number of rotatable bonds is 5. The van der Waals surface area contributed by atoms with Crippen molar-refractivity contribution in [3.8, 4) is 0 Å². The van der Waals surface area contributed by atoms with E-state index in [1.165, 1.54) is 11.3 Å². The van der Waals surface area contributed by atoms with Crippen LogP contribution in [0.4, 0.5) is 5.69 Å². The quantitative estimate of drug-likeness (QED) is 0.507. The van der Waals surface area contributed by atoms with Crippen molar-refractivity contribution < 1.29 is 9.53 Å². The highest BCUT2D eigenvalue weighted by molar-refractivity contribution is 5.96. The van der Waals surface area contributed by atoms with Crippen LogP contribution >= 0.6 is 0 Å². The van der Waals surface area contributed by atoms with Gasteiger partial charge in [-0.05, 0) is 30.2 Å². The predicted molar refractivity (Wildman–Crippen MR) is 117 cm³/mol. The summed E-state index contributed by atoms with van der Waals surface area (Å²) in [6, 6.07) is 14.4. The smallest absolute Gasteiger partial charge is 0.244 e. The van der Waals surface area contributed by atoms with E-state index in [2.05, 4.69) is 56.6 Å². The van der Waals surface area contributed by atoms with Gasteiger partial charge in [0.1, 0.15) is 0 Å². The number of para-hydroxylation sites is 1. The third-order valence-corrected chi connectivity index (χ3v) is 6.32. The average molecular weight is 403 g/mol. The molecule has 2 unspecified atom stereocenters. The van der Waals surface area contributed by atoms with Crippen LogP contribution in [-0.2, 0) is 14.9 Å². The van der Waals surface area contributed by atoms with Crippen LogP contribution < -0.4 is 10.3 Å². The molecule has 1 aliphatic heterocycles. The number of morpholine rings is 1. The summed E-state index contributed by atoms with van der Waals surface area (Å²) in [6.07, 6.45) is 4.14. The summed E-state index contributed by atoms with van der Waals surface area (Å²) in [6.45, 7) is 5.54. The van der Waals surface area contributed by atoms with Gasteiger partial charge >= 0.3 is 0 Å². The van der Waals surface area contributed by atoms with E-state index in [-0.39, 0.29) is 17.2 Å². The Hall–Kier alpha value is -3.19. The Morgan fingerprint density at radius 2 is 2.07 bits per heavy atom. The zero-order valence-electron chi connectivity index (χ0n) is 17.0. The summed E-state index contributed by atoms with van der Waals surface area (Å²) in [5.41, 5.74) is 7.64. The molecule has 30 heavy (non-hydrogen) atoms. The Labute approximate surface area is 175 Å². The van der Waals surface area contributed by atoms with E-state index in [0.717, 1.165) is 49.3 Å². The number of ether oxygens (including phenoxy) is 1. The summed E-state index contributed by atoms with van der Waals surface area (Å²) in [4.78, 5) is 22.3. The molecule has 154 valence electrons. The molecule has 2 fully saturated rings. The van der Waals surface area contributed by atoms with Crippen LogP contribution in [0, 0.1) is 5.92 Å². The summed E-state index contributed by atoms with van der Waals surface area (Å²) in [5, 5.41) is 4.17.